The van der Waals surface area contributed by atoms with Crippen molar-refractivity contribution in [1.29, 1.82) is 0 Å². The molecule has 0 saturated heterocycles. The molecule has 6 nitrogen and oxygen atoms in total. The Hall–Kier alpha value is -3.02. The number of amides is 1. The van der Waals surface area contributed by atoms with Crippen molar-refractivity contribution in [3.63, 3.8) is 0 Å². The van der Waals surface area contributed by atoms with E-state index in [4.69, 9.17) is 0 Å². The molecule has 0 bridgehead atoms. The second-order valence-corrected chi connectivity index (χ2v) is 5.39. The number of aromatic nitrogens is 3. The highest BCUT2D eigenvalue weighted by Gasteiger charge is 2.06. The Morgan fingerprint density at radius 1 is 1.17 bits per heavy atom. The molecule has 0 aliphatic carbocycles. The van der Waals surface area contributed by atoms with Crippen LogP contribution in [0.2, 0.25) is 0 Å². The van der Waals surface area contributed by atoms with E-state index in [1.807, 2.05) is 50.2 Å². The van der Waals surface area contributed by atoms with Crippen molar-refractivity contribution >= 4 is 22.7 Å². The van der Waals surface area contributed by atoms with Crippen LogP contribution in [0, 0.1) is 6.92 Å². The van der Waals surface area contributed by atoms with Gasteiger partial charge >= 0.3 is 0 Å². The number of nitrogens with zero attached hydrogens (tertiary/aromatic N) is 4. The zero-order valence-electron chi connectivity index (χ0n) is 13.0. The Balaban J connectivity index is 1.68. The number of benzene rings is 2. The minimum atomic E-state index is -0.229. The van der Waals surface area contributed by atoms with E-state index in [9.17, 15) is 4.79 Å². The first-order valence-corrected chi connectivity index (χ1v) is 7.32. The predicted molar refractivity (Wildman–Crippen MR) is 89.3 cm³/mol. The highest BCUT2D eigenvalue weighted by molar-refractivity contribution is 5.95. The molecule has 0 unspecified atom stereocenters. The Morgan fingerprint density at radius 2 is 1.91 bits per heavy atom. The average Bonchev–Trinajstić information content (AvgIpc) is 2.96. The van der Waals surface area contributed by atoms with E-state index < -0.39 is 0 Å². The van der Waals surface area contributed by atoms with Crippen molar-refractivity contribution in [2.45, 2.75) is 20.4 Å². The summed E-state index contributed by atoms with van der Waals surface area (Å²) >= 11 is 0. The number of carbonyl (C=O) groups is 1. The summed E-state index contributed by atoms with van der Waals surface area (Å²) in [6, 6.07) is 15.1. The van der Waals surface area contributed by atoms with Crippen molar-refractivity contribution in [1.82, 2.24) is 20.4 Å². The van der Waals surface area contributed by atoms with Gasteiger partial charge in [-0.2, -0.15) is 5.10 Å². The standard InChI is InChI=1S/C17H17N5O/c1-12-7-9-14(10-8-12)17(23)20-18-13(2)11-22-16-6-4-3-5-15(16)19-21-22/h3-10H,11H2,1-2H3,(H,20,23)/b18-13+. The van der Waals surface area contributed by atoms with Crippen LogP contribution in [0.3, 0.4) is 0 Å². The van der Waals surface area contributed by atoms with Gasteiger partial charge in [-0.1, -0.05) is 35.0 Å². The zero-order valence-corrected chi connectivity index (χ0v) is 13.0. The van der Waals surface area contributed by atoms with Gasteiger partial charge in [0.2, 0.25) is 0 Å². The third-order valence-electron chi connectivity index (χ3n) is 3.46. The van der Waals surface area contributed by atoms with Crippen LogP contribution in [0.4, 0.5) is 0 Å². The first-order valence-electron chi connectivity index (χ1n) is 7.32. The summed E-state index contributed by atoms with van der Waals surface area (Å²) in [6.07, 6.45) is 0. The number of rotatable bonds is 4. The van der Waals surface area contributed by atoms with Gasteiger partial charge in [0, 0.05) is 5.56 Å². The summed E-state index contributed by atoms with van der Waals surface area (Å²) in [5, 5.41) is 12.3. The monoisotopic (exact) mass is 307 g/mol. The fraction of sp³-hybridized carbons (Fsp3) is 0.176. The molecule has 1 N–H and O–H groups in total. The highest BCUT2D eigenvalue weighted by Crippen LogP contribution is 2.09. The molecule has 3 aromatic rings. The molecular weight excluding hydrogens is 290 g/mol. The molecule has 1 aromatic heterocycles. The number of hydrogen-bond donors (Lipinski definition) is 1. The Morgan fingerprint density at radius 3 is 2.70 bits per heavy atom. The quantitative estimate of drug-likeness (QED) is 0.594. The Bertz CT molecular complexity index is 864. The second-order valence-electron chi connectivity index (χ2n) is 5.39. The summed E-state index contributed by atoms with van der Waals surface area (Å²) < 4.78 is 1.76. The molecule has 1 heterocycles. The van der Waals surface area contributed by atoms with Crippen LogP contribution in [0.15, 0.2) is 53.6 Å². The van der Waals surface area contributed by atoms with Crippen LogP contribution in [-0.4, -0.2) is 26.6 Å². The van der Waals surface area contributed by atoms with Gasteiger partial charge in [0.15, 0.2) is 0 Å². The van der Waals surface area contributed by atoms with E-state index >= 15 is 0 Å². The molecule has 0 fully saturated rings. The maximum Gasteiger partial charge on any atom is 0.271 e. The summed E-state index contributed by atoms with van der Waals surface area (Å²) in [7, 11) is 0. The molecule has 0 aliphatic rings. The highest BCUT2D eigenvalue weighted by atomic mass is 16.2. The lowest BCUT2D eigenvalue weighted by molar-refractivity contribution is 0.0954. The molecule has 0 radical (unpaired) electrons. The minimum Gasteiger partial charge on any atom is -0.267 e. The normalized spacial score (nSPS) is 11.7. The van der Waals surface area contributed by atoms with Gasteiger partial charge < -0.3 is 0 Å². The van der Waals surface area contributed by atoms with Gasteiger partial charge in [-0.15, -0.1) is 5.10 Å². The fourth-order valence-electron chi connectivity index (χ4n) is 2.20. The Kier molecular flexibility index (Phi) is 4.14. The SMILES string of the molecule is C/C(Cn1nnc2ccccc21)=N\NC(=O)c1ccc(C)cc1. The predicted octanol–water partition coefficient (Wildman–Crippen LogP) is 2.55. The first-order chi connectivity index (χ1) is 11.1. The minimum absolute atomic E-state index is 0.229. The average molecular weight is 307 g/mol. The van der Waals surface area contributed by atoms with E-state index in [2.05, 4.69) is 20.8 Å². The van der Waals surface area contributed by atoms with E-state index in [0.29, 0.717) is 12.1 Å². The number of hydrogen-bond acceptors (Lipinski definition) is 4. The third kappa shape index (κ3) is 3.42. The summed E-state index contributed by atoms with van der Waals surface area (Å²) in [6.45, 7) is 4.28. The number of hydrazone groups is 1. The van der Waals surface area contributed by atoms with Crippen LogP contribution < -0.4 is 5.43 Å². The molecular formula is C17H17N5O. The molecule has 3 rings (SSSR count). The van der Waals surface area contributed by atoms with E-state index in [1.165, 1.54) is 0 Å². The van der Waals surface area contributed by atoms with E-state index in [0.717, 1.165) is 22.3 Å². The van der Waals surface area contributed by atoms with E-state index in [-0.39, 0.29) is 5.91 Å². The second kappa shape index (κ2) is 6.39. The maximum absolute atomic E-state index is 12.0. The van der Waals surface area contributed by atoms with Crippen molar-refractivity contribution in [2.24, 2.45) is 5.10 Å². The van der Waals surface area contributed by atoms with Gasteiger partial charge in [-0.3, -0.25) is 4.79 Å². The van der Waals surface area contributed by atoms with Crippen LogP contribution in [0.25, 0.3) is 11.0 Å². The number of fused-ring (bicyclic) bond motifs is 1. The van der Waals surface area contributed by atoms with Crippen LogP contribution in [-0.2, 0) is 6.54 Å². The van der Waals surface area contributed by atoms with E-state index in [1.54, 1.807) is 16.8 Å². The molecule has 0 spiro atoms. The molecule has 1 amide bonds. The van der Waals surface area contributed by atoms with Gasteiger partial charge in [0.1, 0.15) is 5.52 Å². The largest absolute Gasteiger partial charge is 0.271 e. The summed E-state index contributed by atoms with van der Waals surface area (Å²) in [5.41, 5.74) is 6.77. The summed E-state index contributed by atoms with van der Waals surface area (Å²) in [4.78, 5) is 12.0. The molecule has 116 valence electrons. The van der Waals surface area contributed by atoms with Crippen molar-refractivity contribution in [3.8, 4) is 0 Å². The molecule has 0 atom stereocenters. The number of nitrogens with one attached hydrogen (secondary N) is 1. The molecule has 2 aromatic carbocycles. The first kappa shape index (κ1) is 14.9. The molecule has 6 heteroatoms. The van der Waals surface area contributed by atoms with Gasteiger partial charge in [0.05, 0.1) is 17.8 Å². The van der Waals surface area contributed by atoms with Crippen molar-refractivity contribution in [2.75, 3.05) is 0 Å². The van der Waals surface area contributed by atoms with Crippen LogP contribution in [0.5, 0.6) is 0 Å². The number of aryl methyl sites for hydroxylation is 1. The van der Waals surface area contributed by atoms with Gasteiger partial charge in [0.25, 0.3) is 5.91 Å². The van der Waals surface area contributed by atoms with Gasteiger partial charge in [-0.05, 0) is 38.1 Å². The van der Waals surface area contributed by atoms with Crippen LogP contribution >= 0.6 is 0 Å². The zero-order chi connectivity index (χ0) is 16.2. The van der Waals surface area contributed by atoms with Gasteiger partial charge in [-0.25, -0.2) is 10.1 Å². The fourth-order valence-corrected chi connectivity index (χ4v) is 2.20. The lowest BCUT2D eigenvalue weighted by Gasteiger charge is -2.04. The summed E-state index contributed by atoms with van der Waals surface area (Å²) in [5.74, 6) is -0.229. The molecule has 0 saturated carbocycles. The molecule has 0 aliphatic heterocycles. The smallest absolute Gasteiger partial charge is 0.267 e. The topological polar surface area (TPSA) is 72.2 Å². The lowest BCUT2D eigenvalue weighted by Crippen LogP contribution is -2.20. The third-order valence-corrected chi connectivity index (χ3v) is 3.46. The lowest BCUT2D eigenvalue weighted by atomic mass is 10.1. The molecule has 23 heavy (non-hydrogen) atoms. The van der Waals surface area contributed by atoms with Crippen molar-refractivity contribution in [3.05, 3.63) is 59.7 Å². The van der Waals surface area contributed by atoms with Crippen LogP contribution in [0.1, 0.15) is 22.8 Å². The number of para-hydroxylation sites is 1. The number of carbonyl (C=O) groups excluding carboxylic acids is 1. The Labute approximate surface area is 133 Å². The maximum atomic E-state index is 12.0. The van der Waals surface area contributed by atoms with Crippen molar-refractivity contribution < 1.29 is 4.79 Å².